The van der Waals surface area contributed by atoms with Crippen LogP contribution in [-0.2, 0) is 6.54 Å². The number of benzene rings is 2. The third-order valence-corrected chi connectivity index (χ3v) is 3.88. The summed E-state index contributed by atoms with van der Waals surface area (Å²) in [5.74, 6) is 0. The lowest BCUT2D eigenvalue weighted by Gasteiger charge is -2.19. The van der Waals surface area contributed by atoms with Gasteiger partial charge in [-0.05, 0) is 23.8 Å². The molecule has 0 saturated heterocycles. The Hall–Kier alpha value is -1.53. The van der Waals surface area contributed by atoms with Gasteiger partial charge in [0.05, 0.1) is 4.92 Å². The van der Waals surface area contributed by atoms with Crippen molar-refractivity contribution >= 4 is 47.8 Å². The van der Waals surface area contributed by atoms with Gasteiger partial charge in [-0.3, -0.25) is 10.1 Å². The minimum Gasteiger partial charge on any atom is -0.365 e. The Morgan fingerprint density at radius 2 is 2.00 bits per heavy atom. The lowest BCUT2D eigenvalue weighted by molar-refractivity contribution is -0.384. The van der Waals surface area contributed by atoms with Crippen molar-refractivity contribution in [2.45, 2.75) is 12.6 Å². The second-order valence-corrected chi connectivity index (χ2v) is 5.55. The molecule has 8 heteroatoms. The number of halogens is 3. The molecule has 2 aromatic rings. The summed E-state index contributed by atoms with van der Waals surface area (Å²) in [6.45, 7) is 1.32. The van der Waals surface area contributed by atoms with Gasteiger partial charge in [0, 0.05) is 47.5 Å². The molecule has 0 fully saturated rings. The Labute approximate surface area is 151 Å². The van der Waals surface area contributed by atoms with E-state index in [1.165, 1.54) is 6.07 Å². The average molecular weight is 377 g/mol. The maximum absolute atomic E-state index is 10.9. The van der Waals surface area contributed by atoms with Crippen molar-refractivity contribution in [2.24, 2.45) is 5.73 Å². The van der Waals surface area contributed by atoms with E-state index < -0.39 is 4.92 Å². The molecule has 0 aromatic heterocycles. The van der Waals surface area contributed by atoms with E-state index in [0.717, 1.165) is 16.8 Å². The van der Waals surface area contributed by atoms with E-state index >= 15 is 0 Å². The van der Waals surface area contributed by atoms with Crippen LogP contribution in [0, 0.1) is 10.1 Å². The second-order valence-electron chi connectivity index (χ2n) is 5.12. The van der Waals surface area contributed by atoms with E-state index in [-0.39, 0.29) is 36.5 Å². The molecule has 1 unspecified atom stereocenters. The standard InChI is InChI=1S/C15H14ClN3O2.2ClH/c16-11-3-1-2-10(6-11)8-18-9-14(17)13-7-12(19(20)21)4-5-15(13)18;;/h1-7,14H,8-9,17H2;2*1H. The molecule has 0 amide bonds. The van der Waals surface area contributed by atoms with Gasteiger partial charge in [-0.25, -0.2) is 0 Å². The summed E-state index contributed by atoms with van der Waals surface area (Å²) in [5, 5.41) is 11.5. The summed E-state index contributed by atoms with van der Waals surface area (Å²) in [4.78, 5) is 12.6. The maximum atomic E-state index is 10.9. The second kappa shape index (κ2) is 7.84. The molecular formula is C15H16Cl3N3O2. The molecule has 5 nitrogen and oxygen atoms in total. The molecule has 0 radical (unpaired) electrons. The molecule has 0 bridgehead atoms. The van der Waals surface area contributed by atoms with E-state index in [9.17, 15) is 10.1 Å². The highest BCUT2D eigenvalue weighted by atomic mass is 35.5. The summed E-state index contributed by atoms with van der Waals surface area (Å²) >= 11 is 6.00. The molecule has 1 aliphatic rings. The fourth-order valence-electron chi connectivity index (χ4n) is 2.68. The van der Waals surface area contributed by atoms with Gasteiger partial charge in [0.1, 0.15) is 0 Å². The first-order chi connectivity index (χ1) is 10.0. The molecule has 2 N–H and O–H groups in total. The lowest BCUT2D eigenvalue weighted by atomic mass is 10.1. The van der Waals surface area contributed by atoms with Crippen LogP contribution in [0.4, 0.5) is 11.4 Å². The maximum Gasteiger partial charge on any atom is 0.269 e. The van der Waals surface area contributed by atoms with Crippen molar-refractivity contribution in [3.63, 3.8) is 0 Å². The van der Waals surface area contributed by atoms with Crippen molar-refractivity contribution in [3.8, 4) is 0 Å². The number of rotatable bonds is 3. The summed E-state index contributed by atoms with van der Waals surface area (Å²) < 4.78 is 0. The monoisotopic (exact) mass is 375 g/mol. The number of nitrogens with zero attached hydrogens (tertiary/aromatic N) is 2. The first-order valence-electron chi connectivity index (χ1n) is 6.58. The number of nitro benzene ring substituents is 1. The first kappa shape index (κ1) is 19.5. The first-order valence-corrected chi connectivity index (χ1v) is 6.95. The number of anilines is 1. The highest BCUT2D eigenvalue weighted by molar-refractivity contribution is 6.30. The zero-order chi connectivity index (χ0) is 15.0. The molecule has 1 heterocycles. The SMILES string of the molecule is Cl.Cl.NC1CN(Cc2cccc(Cl)c2)c2ccc([N+](=O)[O-])cc21. The zero-order valence-corrected chi connectivity index (χ0v) is 14.4. The van der Waals surface area contributed by atoms with Gasteiger partial charge in [-0.2, -0.15) is 0 Å². The van der Waals surface area contributed by atoms with Crippen LogP contribution >= 0.6 is 36.4 Å². The number of hydrogen-bond donors (Lipinski definition) is 1. The van der Waals surface area contributed by atoms with E-state index in [1.54, 1.807) is 12.1 Å². The predicted molar refractivity (Wildman–Crippen MR) is 97.0 cm³/mol. The zero-order valence-electron chi connectivity index (χ0n) is 12.0. The van der Waals surface area contributed by atoms with Gasteiger partial charge in [0.15, 0.2) is 0 Å². The average Bonchev–Trinajstić information content (AvgIpc) is 2.75. The summed E-state index contributed by atoms with van der Waals surface area (Å²) in [6.07, 6.45) is 0. The van der Waals surface area contributed by atoms with E-state index in [1.807, 2.05) is 24.3 Å². The molecule has 3 rings (SSSR count). The van der Waals surface area contributed by atoms with Crippen LogP contribution in [0.1, 0.15) is 17.2 Å². The summed E-state index contributed by atoms with van der Waals surface area (Å²) in [6, 6.07) is 12.3. The third-order valence-electron chi connectivity index (χ3n) is 3.64. The Balaban J connectivity index is 0.00000132. The molecule has 0 saturated carbocycles. The van der Waals surface area contributed by atoms with Crippen LogP contribution in [0.3, 0.4) is 0 Å². The molecule has 0 spiro atoms. The third kappa shape index (κ3) is 4.06. The van der Waals surface area contributed by atoms with E-state index in [4.69, 9.17) is 17.3 Å². The van der Waals surface area contributed by atoms with Crippen molar-refractivity contribution < 1.29 is 4.92 Å². The summed E-state index contributed by atoms with van der Waals surface area (Å²) in [7, 11) is 0. The normalized spacial score (nSPS) is 15.4. The van der Waals surface area contributed by atoms with Gasteiger partial charge >= 0.3 is 0 Å². The molecular weight excluding hydrogens is 361 g/mol. The number of nitrogens with two attached hydrogens (primary N) is 1. The fourth-order valence-corrected chi connectivity index (χ4v) is 2.89. The molecule has 0 aliphatic carbocycles. The number of hydrogen-bond acceptors (Lipinski definition) is 4. The minimum atomic E-state index is -0.396. The van der Waals surface area contributed by atoms with Crippen molar-refractivity contribution in [2.75, 3.05) is 11.4 Å². The topological polar surface area (TPSA) is 72.4 Å². The van der Waals surface area contributed by atoms with E-state index in [2.05, 4.69) is 4.90 Å². The van der Waals surface area contributed by atoms with Crippen LogP contribution in [0.5, 0.6) is 0 Å². The van der Waals surface area contributed by atoms with Gasteiger partial charge in [-0.1, -0.05) is 23.7 Å². The van der Waals surface area contributed by atoms with Crippen LogP contribution in [0.25, 0.3) is 0 Å². The predicted octanol–water partition coefficient (Wildman–Crippen LogP) is 4.11. The Kier molecular flexibility index (Phi) is 6.65. The largest absolute Gasteiger partial charge is 0.365 e. The smallest absolute Gasteiger partial charge is 0.269 e. The Morgan fingerprint density at radius 1 is 1.26 bits per heavy atom. The Bertz CT molecular complexity index is 712. The fraction of sp³-hybridized carbons (Fsp3) is 0.200. The Morgan fingerprint density at radius 3 is 2.65 bits per heavy atom. The molecule has 1 atom stereocenters. The molecule has 124 valence electrons. The van der Waals surface area contributed by atoms with Gasteiger partial charge in [-0.15, -0.1) is 24.8 Å². The van der Waals surface area contributed by atoms with Gasteiger partial charge in [0.2, 0.25) is 0 Å². The quantitative estimate of drug-likeness (QED) is 0.646. The molecule has 2 aromatic carbocycles. The molecule has 23 heavy (non-hydrogen) atoms. The van der Waals surface area contributed by atoms with Gasteiger partial charge in [0.25, 0.3) is 5.69 Å². The summed E-state index contributed by atoms with van der Waals surface area (Å²) in [5.41, 5.74) is 9.04. The van der Waals surface area contributed by atoms with Crippen molar-refractivity contribution in [3.05, 3.63) is 68.7 Å². The highest BCUT2D eigenvalue weighted by Crippen LogP contribution is 2.36. The number of fused-ring (bicyclic) bond motifs is 1. The molecule has 1 aliphatic heterocycles. The van der Waals surface area contributed by atoms with Crippen LogP contribution < -0.4 is 10.6 Å². The lowest BCUT2D eigenvalue weighted by Crippen LogP contribution is -2.23. The minimum absolute atomic E-state index is 0. The number of non-ortho nitro benzene ring substituents is 1. The van der Waals surface area contributed by atoms with E-state index in [0.29, 0.717) is 18.1 Å². The van der Waals surface area contributed by atoms with Gasteiger partial charge < -0.3 is 10.6 Å². The van der Waals surface area contributed by atoms with Crippen molar-refractivity contribution in [1.29, 1.82) is 0 Å². The highest BCUT2D eigenvalue weighted by Gasteiger charge is 2.27. The van der Waals surface area contributed by atoms with Crippen molar-refractivity contribution in [1.82, 2.24) is 0 Å². The van der Waals surface area contributed by atoms with Crippen LogP contribution in [0.2, 0.25) is 5.02 Å². The number of nitro groups is 1. The van der Waals surface area contributed by atoms with Crippen LogP contribution in [-0.4, -0.2) is 11.5 Å². The van der Waals surface area contributed by atoms with Crippen LogP contribution in [0.15, 0.2) is 42.5 Å².